The van der Waals surface area contributed by atoms with Crippen molar-refractivity contribution in [3.05, 3.63) is 95.0 Å². The molecule has 3 aromatic rings. The van der Waals surface area contributed by atoms with Crippen molar-refractivity contribution in [3.63, 3.8) is 0 Å². The van der Waals surface area contributed by atoms with E-state index in [0.717, 1.165) is 11.1 Å². The molecule has 0 bridgehead atoms. The molecular weight excluding hydrogens is 476 g/mol. The summed E-state index contributed by atoms with van der Waals surface area (Å²) >= 11 is 6.21. The van der Waals surface area contributed by atoms with Crippen LogP contribution in [0.15, 0.2) is 78.9 Å². The van der Waals surface area contributed by atoms with Gasteiger partial charge in [0, 0.05) is 24.5 Å². The minimum absolute atomic E-state index is 0.202. The molecular formula is C29H33ClN2O4. The molecule has 3 aromatic carbocycles. The normalized spacial score (nSPS) is 11.6. The van der Waals surface area contributed by atoms with Crippen LogP contribution >= 0.6 is 11.6 Å². The summed E-state index contributed by atoms with van der Waals surface area (Å²) in [6.07, 6.45) is 0.375. The lowest BCUT2D eigenvalue weighted by Crippen LogP contribution is -2.52. The number of nitrogens with zero attached hydrogens (tertiary/aromatic N) is 1. The highest BCUT2D eigenvalue weighted by atomic mass is 35.5. The lowest BCUT2D eigenvalue weighted by Gasteiger charge is -2.31. The highest BCUT2D eigenvalue weighted by Crippen LogP contribution is 2.20. The van der Waals surface area contributed by atoms with E-state index >= 15 is 0 Å². The van der Waals surface area contributed by atoms with E-state index in [1.165, 1.54) is 0 Å². The van der Waals surface area contributed by atoms with E-state index in [9.17, 15) is 9.59 Å². The smallest absolute Gasteiger partial charge is 0.261 e. The third kappa shape index (κ3) is 8.31. The van der Waals surface area contributed by atoms with Crippen molar-refractivity contribution < 1.29 is 19.1 Å². The zero-order valence-electron chi connectivity index (χ0n) is 20.9. The molecule has 190 valence electrons. The molecule has 0 spiro atoms. The SMILES string of the molecule is COc1ccc(OCC(=O)N(Cc2cccc(Cl)c2)[C@@H](Cc2ccccc2)C(=O)NCC(C)C)cc1. The highest BCUT2D eigenvalue weighted by molar-refractivity contribution is 6.30. The number of benzene rings is 3. The molecule has 0 saturated heterocycles. The number of ether oxygens (including phenoxy) is 2. The summed E-state index contributed by atoms with van der Waals surface area (Å²) in [6, 6.07) is 23.3. The molecule has 3 rings (SSSR count). The van der Waals surface area contributed by atoms with E-state index in [4.69, 9.17) is 21.1 Å². The second-order valence-corrected chi connectivity index (χ2v) is 9.40. The highest BCUT2D eigenvalue weighted by Gasteiger charge is 2.30. The predicted octanol–water partition coefficient (Wildman–Crippen LogP) is 5.14. The van der Waals surface area contributed by atoms with Crippen LogP contribution < -0.4 is 14.8 Å². The molecule has 0 aromatic heterocycles. The Labute approximate surface area is 218 Å². The first-order valence-electron chi connectivity index (χ1n) is 12.0. The second kappa shape index (κ2) is 13.5. The Morgan fingerprint density at radius 1 is 0.917 bits per heavy atom. The monoisotopic (exact) mass is 508 g/mol. The number of amides is 2. The van der Waals surface area contributed by atoms with E-state index in [1.807, 2.05) is 56.3 Å². The number of hydrogen-bond donors (Lipinski definition) is 1. The number of methoxy groups -OCH3 is 1. The fraction of sp³-hybridized carbons (Fsp3) is 0.310. The van der Waals surface area contributed by atoms with Gasteiger partial charge in [-0.05, 0) is 53.4 Å². The third-order valence-corrected chi connectivity index (χ3v) is 5.85. The first kappa shape index (κ1) is 27.1. The maximum atomic E-state index is 13.6. The summed E-state index contributed by atoms with van der Waals surface area (Å²) in [5.74, 6) is 1.01. The molecule has 0 aliphatic carbocycles. The minimum atomic E-state index is -0.725. The average molecular weight is 509 g/mol. The number of hydrogen-bond acceptors (Lipinski definition) is 4. The molecule has 0 unspecified atom stereocenters. The lowest BCUT2D eigenvalue weighted by molar-refractivity contribution is -0.142. The summed E-state index contributed by atoms with van der Waals surface area (Å²) in [7, 11) is 1.59. The van der Waals surface area contributed by atoms with Crippen molar-refractivity contribution in [2.24, 2.45) is 5.92 Å². The molecule has 0 radical (unpaired) electrons. The van der Waals surface area contributed by atoms with Gasteiger partial charge in [-0.2, -0.15) is 0 Å². The second-order valence-electron chi connectivity index (χ2n) is 8.96. The van der Waals surface area contributed by atoms with Gasteiger partial charge in [-0.25, -0.2) is 0 Å². The van der Waals surface area contributed by atoms with Gasteiger partial charge in [-0.3, -0.25) is 9.59 Å². The molecule has 0 saturated carbocycles. The van der Waals surface area contributed by atoms with Crippen LogP contribution in [0.25, 0.3) is 0 Å². The topological polar surface area (TPSA) is 67.9 Å². The Morgan fingerprint density at radius 3 is 2.22 bits per heavy atom. The Balaban J connectivity index is 1.88. The number of carbonyl (C=O) groups excluding carboxylic acids is 2. The maximum absolute atomic E-state index is 13.6. The van der Waals surface area contributed by atoms with Gasteiger partial charge in [0.2, 0.25) is 5.91 Å². The molecule has 36 heavy (non-hydrogen) atoms. The number of nitrogens with one attached hydrogen (secondary N) is 1. The van der Waals surface area contributed by atoms with Crippen LogP contribution in [0, 0.1) is 5.92 Å². The van der Waals surface area contributed by atoms with Gasteiger partial charge in [0.05, 0.1) is 7.11 Å². The summed E-state index contributed by atoms with van der Waals surface area (Å²) in [6.45, 7) is 4.59. The van der Waals surface area contributed by atoms with Crippen molar-refractivity contribution >= 4 is 23.4 Å². The third-order valence-electron chi connectivity index (χ3n) is 5.62. The van der Waals surface area contributed by atoms with Crippen molar-refractivity contribution in [2.45, 2.75) is 32.9 Å². The van der Waals surface area contributed by atoms with E-state index in [-0.39, 0.29) is 30.9 Å². The molecule has 7 heteroatoms. The fourth-order valence-corrected chi connectivity index (χ4v) is 3.92. The summed E-state index contributed by atoms with van der Waals surface area (Å²) in [5.41, 5.74) is 1.79. The van der Waals surface area contributed by atoms with E-state index in [0.29, 0.717) is 29.5 Å². The zero-order valence-corrected chi connectivity index (χ0v) is 21.7. The summed E-state index contributed by atoms with van der Waals surface area (Å²) < 4.78 is 11.0. The molecule has 1 atom stereocenters. The van der Waals surface area contributed by atoms with E-state index < -0.39 is 6.04 Å². The first-order valence-corrected chi connectivity index (χ1v) is 12.4. The first-order chi connectivity index (χ1) is 17.4. The van der Waals surface area contributed by atoms with E-state index in [2.05, 4.69) is 5.32 Å². The molecule has 2 amide bonds. The largest absolute Gasteiger partial charge is 0.497 e. The minimum Gasteiger partial charge on any atom is -0.497 e. The molecule has 0 aliphatic heterocycles. The number of rotatable bonds is 12. The summed E-state index contributed by atoms with van der Waals surface area (Å²) in [5, 5.41) is 3.58. The van der Waals surface area contributed by atoms with Gasteiger partial charge < -0.3 is 19.7 Å². The van der Waals surface area contributed by atoms with Crippen LogP contribution in [0.3, 0.4) is 0 Å². The van der Waals surface area contributed by atoms with Gasteiger partial charge in [0.25, 0.3) is 5.91 Å². The van der Waals surface area contributed by atoms with Gasteiger partial charge in [-0.1, -0.05) is 67.9 Å². The van der Waals surface area contributed by atoms with Crippen LogP contribution in [0.5, 0.6) is 11.5 Å². The zero-order chi connectivity index (χ0) is 25.9. The van der Waals surface area contributed by atoms with Crippen LogP contribution in [-0.2, 0) is 22.6 Å². The fourth-order valence-electron chi connectivity index (χ4n) is 3.71. The Morgan fingerprint density at radius 2 is 1.58 bits per heavy atom. The number of carbonyl (C=O) groups is 2. The predicted molar refractivity (Wildman–Crippen MR) is 142 cm³/mol. The lowest BCUT2D eigenvalue weighted by atomic mass is 10.0. The maximum Gasteiger partial charge on any atom is 0.261 e. The van der Waals surface area contributed by atoms with Crippen LogP contribution in [-0.4, -0.2) is 43.0 Å². The van der Waals surface area contributed by atoms with Gasteiger partial charge in [-0.15, -0.1) is 0 Å². The molecule has 0 fully saturated rings. The van der Waals surface area contributed by atoms with Crippen LogP contribution in [0.4, 0.5) is 0 Å². The van der Waals surface area contributed by atoms with Crippen molar-refractivity contribution in [2.75, 3.05) is 20.3 Å². The van der Waals surface area contributed by atoms with Crippen LogP contribution in [0.1, 0.15) is 25.0 Å². The standard InChI is InChI=1S/C29H33ClN2O4/c1-21(2)18-31-29(34)27(17-22-8-5-4-6-9-22)32(19-23-10-7-11-24(30)16-23)28(33)20-36-26-14-12-25(35-3)13-15-26/h4-16,21,27H,17-20H2,1-3H3,(H,31,34)/t27-/m0/s1. The van der Waals surface area contributed by atoms with Crippen molar-refractivity contribution in [1.29, 1.82) is 0 Å². The Bertz CT molecular complexity index is 1120. The van der Waals surface area contributed by atoms with Crippen LogP contribution in [0.2, 0.25) is 5.02 Å². The summed E-state index contributed by atoms with van der Waals surface area (Å²) in [4.78, 5) is 28.6. The van der Waals surface area contributed by atoms with E-state index in [1.54, 1.807) is 48.4 Å². The molecule has 1 N–H and O–H groups in total. The Hall–Kier alpha value is -3.51. The molecule has 6 nitrogen and oxygen atoms in total. The van der Waals surface area contributed by atoms with Crippen molar-refractivity contribution in [1.82, 2.24) is 10.2 Å². The van der Waals surface area contributed by atoms with Gasteiger partial charge in [0.15, 0.2) is 6.61 Å². The van der Waals surface area contributed by atoms with Gasteiger partial charge >= 0.3 is 0 Å². The number of halogens is 1. The van der Waals surface area contributed by atoms with Gasteiger partial charge in [0.1, 0.15) is 17.5 Å². The average Bonchev–Trinajstić information content (AvgIpc) is 2.88. The molecule has 0 aliphatic rings. The van der Waals surface area contributed by atoms with Crippen molar-refractivity contribution in [3.8, 4) is 11.5 Å². The quantitative estimate of drug-likeness (QED) is 0.368. The Kier molecular flexibility index (Phi) is 10.2. The molecule has 0 heterocycles.